The lowest BCUT2D eigenvalue weighted by atomic mass is 10.2. The van der Waals surface area contributed by atoms with E-state index in [0.717, 1.165) is 40.5 Å². The normalized spacial score (nSPS) is 11.5. The molecule has 0 bridgehead atoms. The van der Waals surface area contributed by atoms with E-state index >= 15 is 0 Å². The van der Waals surface area contributed by atoms with Gasteiger partial charge in [0, 0.05) is 12.0 Å². The van der Waals surface area contributed by atoms with E-state index in [9.17, 15) is 9.90 Å². The van der Waals surface area contributed by atoms with Crippen LogP contribution in [-0.4, -0.2) is 28.4 Å². The Bertz CT molecular complexity index is 994. The van der Waals surface area contributed by atoms with Gasteiger partial charge in [-0.25, -0.2) is 9.78 Å². The highest BCUT2D eigenvalue weighted by Gasteiger charge is 2.11. The molecule has 0 unspecified atom stereocenters. The molecule has 0 atom stereocenters. The summed E-state index contributed by atoms with van der Waals surface area (Å²) in [4.78, 5) is 16.3. The molecule has 3 rings (SSSR count). The van der Waals surface area contributed by atoms with Crippen molar-refractivity contribution in [3.8, 4) is 17.2 Å². The van der Waals surface area contributed by atoms with Crippen LogP contribution < -0.4 is 4.74 Å². The van der Waals surface area contributed by atoms with Gasteiger partial charge in [-0.2, -0.15) is 0 Å². The zero-order chi connectivity index (χ0) is 21.3. The molecule has 0 aliphatic rings. The molecule has 3 aromatic rings. The molecule has 6 heteroatoms. The molecule has 2 aromatic carbocycles. The molecule has 0 fully saturated rings. The van der Waals surface area contributed by atoms with Gasteiger partial charge in [-0.05, 0) is 55.0 Å². The lowest BCUT2D eigenvalue weighted by molar-refractivity contribution is -0.131. The summed E-state index contributed by atoms with van der Waals surface area (Å²) in [5, 5.41) is 9.31. The summed E-state index contributed by atoms with van der Waals surface area (Å²) in [6.07, 6.45) is 3.26. The number of oxazole rings is 1. The second-order valence-electron chi connectivity index (χ2n) is 6.72. The fraction of sp³-hybridized carbons (Fsp3) is 0.250. The van der Waals surface area contributed by atoms with Crippen LogP contribution in [0.4, 0.5) is 0 Å². The minimum absolute atomic E-state index is 0.348. The average molecular weight is 424 g/mol. The Kier molecular flexibility index (Phi) is 7.74. The lowest BCUT2D eigenvalue weighted by Gasteiger charge is -2.06. The van der Waals surface area contributed by atoms with Crippen LogP contribution in [0.3, 0.4) is 0 Å². The Hall–Kier alpha value is -2.99. The third-order valence-electron chi connectivity index (χ3n) is 4.37. The number of carboxylic acid groups (broad SMARTS) is 1. The van der Waals surface area contributed by atoms with Crippen LogP contribution in [0, 0.1) is 6.92 Å². The summed E-state index contributed by atoms with van der Waals surface area (Å²) in [5.74, 6) is 2.03. The SMILES string of the molecule is CCCSC(=Cc1ccc(OCCc2nc(-c3ccccc3)oc2C)cc1)C(=O)O. The quantitative estimate of drug-likeness (QED) is 0.413. The number of thioether (sulfide) groups is 1. The van der Waals surface area contributed by atoms with Crippen LogP contribution in [0.15, 0.2) is 63.9 Å². The Morgan fingerprint density at radius 2 is 1.90 bits per heavy atom. The van der Waals surface area contributed by atoms with Crippen LogP contribution in [0.5, 0.6) is 5.75 Å². The lowest BCUT2D eigenvalue weighted by Crippen LogP contribution is -2.02. The van der Waals surface area contributed by atoms with Crippen molar-refractivity contribution in [1.29, 1.82) is 0 Å². The van der Waals surface area contributed by atoms with E-state index in [1.165, 1.54) is 11.8 Å². The Morgan fingerprint density at radius 3 is 2.57 bits per heavy atom. The molecule has 0 spiro atoms. The summed E-state index contributed by atoms with van der Waals surface area (Å²) in [7, 11) is 0. The Labute approximate surface area is 180 Å². The number of aromatic nitrogens is 1. The third kappa shape index (κ3) is 6.00. The highest BCUT2D eigenvalue weighted by Crippen LogP contribution is 2.23. The van der Waals surface area contributed by atoms with Gasteiger partial charge in [-0.15, -0.1) is 11.8 Å². The number of aryl methyl sites for hydroxylation is 1. The van der Waals surface area contributed by atoms with E-state index < -0.39 is 5.97 Å². The predicted molar refractivity (Wildman–Crippen MR) is 121 cm³/mol. The van der Waals surface area contributed by atoms with Crippen molar-refractivity contribution in [3.05, 3.63) is 76.5 Å². The van der Waals surface area contributed by atoms with E-state index in [4.69, 9.17) is 9.15 Å². The highest BCUT2D eigenvalue weighted by molar-refractivity contribution is 8.04. The standard InChI is InChI=1S/C24H25NO4S/c1-3-15-30-22(24(26)27)16-18-9-11-20(12-10-18)28-14-13-21-17(2)29-23(25-21)19-7-5-4-6-8-19/h4-12,16H,3,13-15H2,1-2H3,(H,26,27). The maximum atomic E-state index is 11.3. The van der Waals surface area contributed by atoms with Crippen molar-refractivity contribution in [2.45, 2.75) is 26.7 Å². The second kappa shape index (κ2) is 10.7. The summed E-state index contributed by atoms with van der Waals surface area (Å²) < 4.78 is 11.6. The number of ether oxygens (including phenoxy) is 1. The monoisotopic (exact) mass is 423 g/mol. The number of nitrogens with zero attached hydrogens (tertiary/aromatic N) is 1. The number of hydrogen-bond acceptors (Lipinski definition) is 5. The topological polar surface area (TPSA) is 72.6 Å². The summed E-state index contributed by atoms with van der Waals surface area (Å²) in [6, 6.07) is 17.2. The molecule has 1 aromatic heterocycles. The van der Waals surface area contributed by atoms with Crippen molar-refractivity contribution in [2.24, 2.45) is 0 Å². The van der Waals surface area contributed by atoms with E-state index in [1.54, 1.807) is 6.08 Å². The third-order valence-corrected chi connectivity index (χ3v) is 5.59. The second-order valence-corrected chi connectivity index (χ2v) is 7.85. The van der Waals surface area contributed by atoms with E-state index in [-0.39, 0.29) is 0 Å². The van der Waals surface area contributed by atoms with Crippen molar-refractivity contribution in [1.82, 2.24) is 4.98 Å². The smallest absolute Gasteiger partial charge is 0.342 e. The molecule has 30 heavy (non-hydrogen) atoms. The van der Waals surface area contributed by atoms with Gasteiger partial charge in [-0.1, -0.05) is 37.3 Å². The molecule has 0 saturated carbocycles. The molecule has 0 radical (unpaired) electrons. The molecule has 0 aliphatic carbocycles. The molecule has 0 saturated heterocycles. The van der Waals surface area contributed by atoms with Gasteiger partial charge in [0.1, 0.15) is 11.5 Å². The molecule has 1 N–H and O–H groups in total. The maximum Gasteiger partial charge on any atom is 0.342 e. The van der Waals surface area contributed by atoms with Gasteiger partial charge >= 0.3 is 5.97 Å². The van der Waals surface area contributed by atoms with Gasteiger partial charge in [-0.3, -0.25) is 0 Å². The molecular formula is C24H25NO4S. The fourth-order valence-electron chi connectivity index (χ4n) is 2.82. The Balaban J connectivity index is 1.57. The molecule has 5 nitrogen and oxygen atoms in total. The largest absolute Gasteiger partial charge is 0.493 e. The first kappa shape index (κ1) is 21.7. The van der Waals surface area contributed by atoms with Gasteiger partial charge in [0.05, 0.1) is 17.2 Å². The average Bonchev–Trinajstić information content (AvgIpc) is 3.13. The number of aliphatic carboxylic acids is 1. The van der Waals surface area contributed by atoms with Crippen molar-refractivity contribution in [3.63, 3.8) is 0 Å². The first-order chi connectivity index (χ1) is 14.6. The number of carboxylic acids is 1. The van der Waals surface area contributed by atoms with Crippen molar-refractivity contribution in [2.75, 3.05) is 12.4 Å². The van der Waals surface area contributed by atoms with Crippen molar-refractivity contribution >= 4 is 23.8 Å². The molecule has 0 amide bonds. The van der Waals surface area contributed by atoms with Crippen LogP contribution in [0.25, 0.3) is 17.5 Å². The molecular weight excluding hydrogens is 398 g/mol. The van der Waals surface area contributed by atoms with Crippen LogP contribution in [0.2, 0.25) is 0 Å². The highest BCUT2D eigenvalue weighted by atomic mass is 32.2. The van der Waals surface area contributed by atoms with Crippen LogP contribution >= 0.6 is 11.8 Å². The number of benzene rings is 2. The van der Waals surface area contributed by atoms with Crippen LogP contribution in [0.1, 0.15) is 30.4 Å². The van der Waals surface area contributed by atoms with E-state index in [0.29, 0.717) is 23.8 Å². The minimum atomic E-state index is -0.897. The zero-order valence-corrected chi connectivity index (χ0v) is 17.9. The minimum Gasteiger partial charge on any atom is -0.493 e. The van der Waals surface area contributed by atoms with Gasteiger partial charge in [0.15, 0.2) is 0 Å². The summed E-state index contributed by atoms with van der Waals surface area (Å²) in [5.41, 5.74) is 2.67. The predicted octanol–water partition coefficient (Wildman–Crippen LogP) is 5.84. The Morgan fingerprint density at radius 1 is 1.17 bits per heavy atom. The first-order valence-electron chi connectivity index (χ1n) is 9.89. The molecule has 0 aliphatic heterocycles. The fourth-order valence-corrected chi connectivity index (χ4v) is 3.59. The van der Waals surface area contributed by atoms with Gasteiger partial charge < -0.3 is 14.3 Å². The number of rotatable bonds is 10. The number of carbonyl (C=O) groups is 1. The van der Waals surface area contributed by atoms with Gasteiger partial charge in [0.2, 0.25) is 5.89 Å². The summed E-state index contributed by atoms with van der Waals surface area (Å²) >= 11 is 1.36. The van der Waals surface area contributed by atoms with E-state index in [1.807, 2.05) is 68.4 Å². The van der Waals surface area contributed by atoms with Gasteiger partial charge in [0.25, 0.3) is 0 Å². The van der Waals surface area contributed by atoms with Crippen molar-refractivity contribution < 1.29 is 19.1 Å². The number of hydrogen-bond donors (Lipinski definition) is 1. The van der Waals surface area contributed by atoms with E-state index in [2.05, 4.69) is 4.98 Å². The molecule has 156 valence electrons. The maximum absolute atomic E-state index is 11.3. The zero-order valence-electron chi connectivity index (χ0n) is 17.1. The molecule has 1 heterocycles. The van der Waals surface area contributed by atoms with Crippen LogP contribution in [-0.2, 0) is 11.2 Å². The summed E-state index contributed by atoms with van der Waals surface area (Å²) in [6.45, 7) is 4.41. The first-order valence-corrected chi connectivity index (χ1v) is 10.9.